The molecule has 1 aliphatic heterocycles. The first-order valence-electron chi connectivity index (χ1n) is 8.93. The molecule has 1 saturated heterocycles. The molecular formula is C17H34O5. The summed E-state index contributed by atoms with van der Waals surface area (Å²) >= 11 is 0. The van der Waals surface area contributed by atoms with Crippen LogP contribution in [-0.4, -0.2) is 53.1 Å². The Morgan fingerprint density at radius 2 is 1.55 bits per heavy atom. The van der Waals surface area contributed by atoms with E-state index in [2.05, 4.69) is 6.92 Å². The third kappa shape index (κ3) is 7.88. The highest BCUT2D eigenvalue weighted by Gasteiger charge is 2.36. The van der Waals surface area contributed by atoms with Crippen molar-refractivity contribution in [2.45, 2.75) is 95.7 Å². The van der Waals surface area contributed by atoms with Crippen molar-refractivity contribution >= 4 is 0 Å². The predicted molar refractivity (Wildman–Crippen MR) is 85.6 cm³/mol. The topological polar surface area (TPSA) is 79.2 Å². The molecule has 3 N–H and O–H groups in total. The summed E-state index contributed by atoms with van der Waals surface area (Å²) in [6, 6.07) is 0. The molecule has 1 aliphatic rings. The van der Waals surface area contributed by atoms with Crippen LogP contribution in [-0.2, 0) is 9.47 Å². The molecule has 1 heterocycles. The maximum Gasteiger partial charge on any atom is 0.160 e. The summed E-state index contributed by atoms with van der Waals surface area (Å²) in [6.45, 7) is 2.52. The van der Waals surface area contributed by atoms with Gasteiger partial charge in [0.25, 0.3) is 0 Å². The van der Waals surface area contributed by atoms with Gasteiger partial charge in [0, 0.05) is 13.0 Å². The monoisotopic (exact) mass is 318 g/mol. The summed E-state index contributed by atoms with van der Waals surface area (Å²) < 4.78 is 11.0. The van der Waals surface area contributed by atoms with Crippen molar-refractivity contribution < 1.29 is 24.8 Å². The van der Waals surface area contributed by atoms with Gasteiger partial charge < -0.3 is 24.8 Å². The fourth-order valence-electron chi connectivity index (χ4n) is 2.80. The van der Waals surface area contributed by atoms with E-state index < -0.39 is 24.6 Å². The van der Waals surface area contributed by atoms with Gasteiger partial charge in [-0.15, -0.1) is 0 Å². The molecule has 0 aliphatic carbocycles. The van der Waals surface area contributed by atoms with Gasteiger partial charge in [0.15, 0.2) is 6.29 Å². The first kappa shape index (κ1) is 19.8. The van der Waals surface area contributed by atoms with Gasteiger partial charge in [-0.05, 0) is 6.42 Å². The van der Waals surface area contributed by atoms with Crippen LogP contribution in [0.4, 0.5) is 0 Å². The SMILES string of the molecule is CCCCCCCCCCCO[C@@H]1C[C@@H](O)[C@H](O)[C@@H](CO)O1. The number of unbranched alkanes of at least 4 members (excludes halogenated alkanes) is 8. The van der Waals surface area contributed by atoms with Crippen LogP contribution in [0.15, 0.2) is 0 Å². The van der Waals surface area contributed by atoms with E-state index in [4.69, 9.17) is 14.6 Å². The lowest BCUT2D eigenvalue weighted by atomic mass is 10.0. The molecule has 0 amide bonds. The first-order chi connectivity index (χ1) is 10.7. The Labute approximate surface area is 134 Å². The van der Waals surface area contributed by atoms with Crippen LogP contribution in [0.25, 0.3) is 0 Å². The van der Waals surface area contributed by atoms with Crippen LogP contribution in [0.3, 0.4) is 0 Å². The van der Waals surface area contributed by atoms with E-state index in [-0.39, 0.29) is 13.0 Å². The van der Waals surface area contributed by atoms with E-state index in [1.165, 1.54) is 44.9 Å². The fraction of sp³-hybridized carbons (Fsp3) is 1.00. The minimum absolute atomic E-state index is 0.259. The first-order valence-corrected chi connectivity index (χ1v) is 8.93. The molecular weight excluding hydrogens is 284 g/mol. The molecule has 0 aromatic rings. The second kappa shape index (κ2) is 12.3. The van der Waals surface area contributed by atoms with Crippen LogP contribution < -0.4 is 0 Å². The molecule has 132 valence electrons. The number of hydrogen-bond acceptors (Lipinski definition) is 5. The zero-order valence-corrected chi connectivity index (χ0v) is 14.0. The fourth-order valence-corrected chi connectivity index (χ4v) is 2.80. The quantitative estimate of drug-likeness (QED) is 0.481. The van der Waals surface area contributed by atoms with Crippen LogP contribution in [0.5, 0.6) is 0 Å². The van der Waals surface area contributed by atoms with Crippen molar-refractivity contribution in [2.75, 3.05) is 13.2 Å². The van der Waals surface area contributed by atoms with E-state index in [9.17, 15) is 10.2 Å². The van der Waals surface area contributed by atoms with Crippen LogP contribution in [0.2, 0.25) is 0 Å². The highest BCUT2D eigenvalue weighted by atomic mass is 16.7. The molecule has 5 nitrogen and oxygen atoms in total. The molecule has 0 unspecified atom stereocenters. The molecule has 0 aromatic carbocycles. The van der Waals surface area contributed by atoms with E-state index in [0.29, 0.717) is 6.61 Å². The lowest BCUT2D eigenvalue weighted by Crippen LogP contribution is -2.50. The van der Waals surface area contributed by atoms with Gasteiger partial charge in [-0.3, -0.25) is 0 Å². The molecule has 1 fully saturated rings. The van der Waals surface area contributed by atoms with Gasteiger partial charge in [-0.2, -0.15) is 0 Å². The molecule has 1 rings (SSSR count). The molecule has 0 aromatic heterocycles. The minimum Gasteiger partial charge on any atom is -0.394 e. The predicted octanol–water partition coefficient (Wildman–Crippen LogP) is 2.36. The summed E-state index contributed by atoms with van der Waals surface area (Å²) in [7, 11) is 0. The highest BCUT2D eigenvalue weighted by molar-refractivity contribution is 4.82. The van der Waals surface area contributed by atoms with Crippen molar-refractivity contribution in [1.82, 2.24) is 0 Å². The van der Waals surface area contributed by atoms with Crippen LogP contribution in [0, 0.1) is 0 Å². The van der Waals surface area contributed by atoms with Crippen molar-refractivity contribution in [2.24, 2.45) is 0 Å². The number of aliphatic hydroxyl groups is 3. The summed E-state index contributed by atoms with van der Waals surface area (Å²) in [4.78, 5) is 0. The summed E-state index contributed by atoms with van der Waals surface area (Å²) in [5.74, 6) is 0. The van der Waals surface area contributed by atoms with E-state index in [1.807, 2.05) is 0 Å². The maximum atomic E-state index is 9.69. The number of ether oxygens (including phenoxy) is 2. The van der Waals surface area contributed by atoms with Crippen LogP contribution in [0.1, 0.15) is 71.1 Å². The molecule has 4 atom stereocenters. The highest BCUT2D eigenvalue weighted by Crippen LogP contribution is 2.21. The standard InChI is InChI=1S/C17H34O5/c1-2-3-4-5-6-7-8-9-10-11-21-16-12-14(19)17(20)15(13-18)22-16/h14-20H,2-13H2,1H3/t14-,15-,16+,17+/m1/s1. The molecule has 0 spiro atoms. The number of hydrogen-bond donors (Lipinski definition) is 3. The Bertz CT molecular complexity index is 261. The van der Waals surface area contributed by atoms with Gasteiger partial charge >= 0.3 is 0 Å². The zero-order valence-electron chi connectivity index (χ0n) is 14.0. The Morgan fingerprint density at radius 1 is 0.955 bits per heavy atom. The zero-order chi connectivity index (χ0) is 16.2. The van der Waals surface area contributed by atoms with E-state index in [0.717, 1.165) is 12.8 Å². The number of rotatable bonds is 12. The summed E-state index contributed by atoms with van der Waals surface area (Å²) in [5, 5.41) is 28.4. The Kier molecular flexibility index (Phi) is 11.1. The molecule has 0 bridgehead atoms. The second-order valence-electron chi connectivity index (χ2n) is 6.28. The van der Waals surface area contributed by atoms with Gasteiger partial charge in [-0.25, -0.2) is 0 Å². The minimum atomic E-state index is -1.03. The van der Waals surface area contributed by atoms with Gasteiger partial charge in [-0.1, -0.05) is 58.3 Å². The Balaban J connectivity index is 1.96. The lowest BCUT2D eigenvalue weighted by molar-refractivity contribution is -0.256. The molecule has 5 heteroatoms. The van der Waals surface area contributed by atoms with Crippen molar-refractivity contribution in [3.05, 3.63) is 0 Å². The van der Waals surface area contributed by atoms with Crippen LogP contribution >= 0.6 is 0 Å². The van der Waals surface area contributed by atoms with Crippen molar-refractivity contribution in [1.29, 1.82) is 0 Å². The summed E-state index contributed by atoms with van der Waals surface area (Å²) in [5.41, 5.74) is 0. The largest absolute Gasteiger partial charge is 0.394 e. The Hall–Kier alpha value is -0.200. The van der Waals surface area contributed by atoms with Gasteiger partial charge in [0.05, 0.1) is 12.7 Å². The van der Waals surface area contributed by atoms with E-state index >= 15 is 0 Å². The molecule has 0 radical (unpaired) electrons. The van der Waals surface area contributed by atoms with Gasteiger partial charge in [0.2, 0.25) is 0 Å². The smallest absolute Gasteiger partial charge is 0.160 e. The third-order valence-corrected chi connectivity index (χ3v) is 4.27. The van der Waals surface area contributed by atoms with E-state index in [1.54, 1.807) is 0 Å². The number of aliphatic hydroxyl groups excluding tert-OH is 3. The van der Waals surface area contributed by atoms with Crippen molar-refractivity contribution in [3.63, 3.8) is 0 Å². The maximum absolute atomic E-state index is 9.69. The normalized spacial score (nSPS) is 28.9. The third-order valence-electron chi connectivity index (χ3n) is 4.27. The average molecular weight is 318 g/mol. The molecule has 22 heavy (non-hydrogen) atoms. The molecule has 0 saturated carbocycles. The van der Waals surface area contributed by atoms with Crippen molar-refractivity contribution in [3.8, 4) is 0 Å². The lowest BCUT2D eigenvalue weighted by Gasteiger charge is -2.36. The second-order valence-corrected chi connectivity index (χ2v) is 6.28. The Morgan fingerprint density at radius 3 is 2.14 bits per heavy atom. The summed E-state index contributed by atoms with van der Waals surface area (Å²) in [6.07, 6.45) is 8.41. The van der Waals surface area contributed by atoms with Gasteiger partial charge in [0.1, 0.15) is 12.2 Å². The average Bonchev–Trinajstić information content (AvgIpc) is 2.52.